The van der Waals surface area contributed by atoms with Crippen molar-refractivity contribution in [2.45, 2.75) is 6.42 Å². The molecule has 1 heterocycles. The molecule has 0 radical (unpaired) electrons. The van der Waals surface area contributed by atoms with E-state index >= 15 is 0 Å². The monoisotopic (exact) mass is 198 g/mol. The smallest absolute Gasteiger partial charge is 0.226 e. The second kappa shape index (κ2) is 5.78. The Labute approximate surface area is 84.8 Å². The summed E-state index contributed by atoms with van der Waals surface area (Å²) in [6.07, 6.45) is 2.07. The Hall–Kier alpha value is -0.870. The minimum atomic E-state index is 0.156. The zero-order valence-corrected chi connectivity index (χ0v) is 8.48. The highest BCUT2D eigenvalue weighted by atomic mass is 16.3. The molecule has 1 aliphatic rings. The molecule has 4 nitrogen and oxygen atoms in total. The number of carbonyl (C=O) groups is 1. The summed E-state index contributed by atoms with van der Waals surface area (Å²) in [4.78, 5) is 15.5. The normalized spacial score (nSPS) is 18.2. The molecule has 0 bridgehead atoms. The number of rotatable bonds is 4. The van der Waals surface area contributed by atoms with Crippen molar-refractivity contribution in [3.05, 3.63) is 12.7 Å². The van der Waals surface area contributed by atoms with Crippen LogP contribution in [-0.4, -0.2) is 60.1 Å². The van der Waals surface area contributed by atoms with Crippen molar-refractivity contribution < 1.29 is 9.90 Å². The number of β-amino-alcohol motifs (C(OH)–C–C–N with tert-alkyl or cyclic N) is 1. The number of aliphatic hydroxyl groups is 1. The van der Waals surface area contributed by atoms with Gasteiger partial charge in [0.25, 0.3) is 0 Å². The molecule has 0 aromatic rings. The molecule has 0 atom stereocenters. The van der Waals surface area contributed by atoms with E-state index in [0.29, 0.717) is 13.0 Å². The van der Waals surface area contributed by atoms with Crippen molar-refractivity contribution in [3.8, 4) is 0 Å². The molecule has 80 valence electrons. The molecule has 1 fully saturated rings. The molecule has 0 aromatic heterocycles. The Bertz CT molecular complexity index is 198. The fourth-order valence-electron chi connectivity index (χ4n) is 1.61. The maximum Gasteiger partial charge on any atom is 0.226 e. The summed E-state index contributed by atoms with van der Waals surface area (Å²) in [6.45, 7) is 7.73. The number of piperazine rings is 1. The van der Waals surface area contributed by atoms with Crippen molar-refractivity contribution in [2.24, 2.45) is 0 Å². The van der Waals surface area contributed by atoms with Gasteiger partial charge in [0.2, 0.25) is 5.91 Å². The lowest BCUT2D eigenvalue weighted by Gasteiger charge is -2.34. The number of amides is 1. The summed E-state index contributed by atoms with van der Waals surface area (Å²) in [5.41, 5.74) is 0. The summed E-state index contributed by atoms with van der Waals surface area (Å²) < 4.78 is 0. The summed E-state index contributed by atoms with van der Waals surface area (Å²) >= 11 is 0. The molecule has 0 aromatic carbocycles. The summed E-state index contributed by atoms with van der Waals surface area (Å²) in [7, 11) is 0. The molecule has 1 rings (SSSR count). The van der Waals surface area contributed by atoms with Gasteiger partial charge in [-0.2, -0.15) is 0 Å². The van der Waals surface area contributed by atoms with Crippen LogP contribution < -0.4 is 0 Å². The molecule has 0 saturated carbocycles. The molecule has 1 saturated heterocycles. The van der Waals surface area contributed by atoms with Gasteiger partial charge in [-0.25, -0.2) is 0 Å². The first-order valence-corrected chi connectivity index (χ1v) is 5.00. The van der Waals surface area contributed by atoms with Gasteiger partial charge in [0.1, 0.15) is 0 Å². The Morgan fingerprint density at radius 1 is 1.36 bits per heavy atom. The van der Waals surface area contributed by atoms with Crippen LogP contribution in [0.3, 0.4) is 0 Å². The van der Waals surface area contributed by atoms with Crippen molar-refractivity contribution >= 4 is 5.91 Å². The summed E-state index contributed by atoms with van der Waals surface area (Å²) in [6, 6.07) is 0. The largest absolute Gasteiger partial charge is 0.395 e. The molecule has 0 spiro atoms. The zero-order chi connectivity index (χ0) is 10.4. The third kappa shape index (κ3) is 3.12. The van der Waals surface area contributed by atoms with E-state index in [9.17, 15) is 4.79 Å². The van der Waals surface area contributed by atoms with E-state index in [0.717, 1.165) is 26.2 Å². The lowest BCUT2D eigenvalue weighted by molar-refractivity contribution is -0.132. The second-order valence-electron chi connectivity index (χ2n) is 3.44. The first kappa shape index (κ1) is 11.2. The third-order valence-electron chi connectivity index (χ3n) is 2.46. The number of nitrogens with zero attached hydrogens (tertiary/aromatic N) is 2. The predicted molar refractivity (Wildman–Crippen MR) is 54.9 cm³/mol. The number of aliphatic hydroxyl groups excluding tert-OH is 1. The van der Waals surface area contributed by atoms with Crippen LogP contribution in [0.1, 0.15) is 6.42 Å². The fraction of sp³-hybridized carbons (Fsp3) is 0.700. The van der Waals surface area contributed by atoms with Gasteiger partial charge in [-0.3, -0.25) is 9.69 Å². The van der Waals surface area contributed by atoms with Crippen LogP contribution in [0.4, 0.5) is 0 Å². The average Bonchev–Trinajstić information content (AvgIpc) is 2.20. The Kier molecular flexibility index (Phi) is 4.62. The minimum absolute atomic E-state index is 0.156. The van der Waals surface area contributed by atoms with Crippen LogP contribution in [0.15, 0.2) is 12.7 Å². The molecule has 14 heavy (non-hydrogen) atoms. The quantitative estimate of drug-likeness (QED) is 0.631. The van der Waals surface area contributed by atoms with E-state index in [1.807, 2.05) is 4.90 Å². The predicted octanol–water partition coefficient (Wildman–Crippen LogP) is -0.301. The van der Waals surface area contributed by atoms with Crippen LogP contribution in [-0.2, 0) is 4.79 Å². The van der Waals surface area contributed by atoms with Crippen LogP contribution in [0.2, 0.25) is 0 Å². The molecular weight excluding hydrogens is 180 g/mol. The minimum Gasteiger partial charge on any atom is -0.395 e. The van der Waals surface area contributed by atoms with Gasteiger partial charge in [0.15, 0.2) is 0 Å². The maximum atomic E-state index is 11.4. The van der Waals surface area contributed by atoms with E-state index in [2.05, 4.69) is 11.5 Å². The number of hydrogen-bond donors (Lipinski definition) is 1. The lowest BCUT2D eigenvalue weighted by atomic mass is 10.3. The second-order valence-corrected chi connectivity index (χ2v) is 3.44. The van der Waals surface area contributed by atoms with E-state index < -0.39 is 0 Å². The molecular formula is C10H18N2O2. The highest BCUT2D eigenvalue weighted by Crippen LogP contribution is 2.03. The van der Waals surface area contributed by atoms with Crippen LogP contribution >= 0.6 is 0 Å². The van der Waals surface area contributed by atoms with Gasteiger partial charge in [0, 0.05) is 39.1 Å². The molecule has 1 amide bonds. The number of carbonyl (C=O) groups excluding carboxylic acids is 1. The Morgan fingerprint density at radius 2 is 2.00 bits per heavy atom. The fourth-order valence-corrected chi connectivity index (χ4v) is 1.61. The van der Waals surface area contributed by atoms with E-state index in [1.54, 1.807) is 6.08 Å². The first-order valence-electron chi connectivity index (χ1n) is 5.00. The highest BCUT2D eigenvalue weighted by Gasteiger charge is 2.19. The van der Waals surface area contributed by atoms with Gasteiger partial charge in [-0.1, -0.05) is 6.08 Å². The van der Waals surface area contributed by atoms with Crippen molar-refractivity contribution in [3.63, 3.8) is 0 Å². The SMILES string of the molecule is C=CCC(=O)N1CCN(CCO)CC1. The van der Waals surface area contributed by atoms with Gasteiger partial charge in [0.05, 0.1) is 6.61 Å². The van der Waals surface area contributed by atoms with Gasteiger partial charge >= 0.3 is 0 Å². The molecule has 0 unspecified atom stereocenters. The lowest BCUT2D eigenvalue weighted by Crippen LogP contribution is -2.49. The van der Waals surface area contributed by atoms with Gasteiger partial charge in [-0.05, 0) is 0 Å². The first-order chi connectivity index (χ1) is 6.77. The van der Waals surface area contributed by atoms with E-state index in [4.69, 9.17) is 5.11 Å². The zero-order valence-electron chi connectivity index (χ0n) is 8.48. The standard InChI is InChI=1S/C10H18N2O2/c1-2-3-10(14)12-6-4-11(5-7-12)8-9-13/h2,13H,1,3-9H2. The Balaban J connectivity index is 2.27. The van der Waals surface area contributed by atoms with Crippen molar-refractivity contribution in [2.75, 3.05) is 39.3 Å². The summed E-state index contributed by atoms with van der Waals surface area (Å²) in [5, 5.41) is 8.74. The van der Waals surface area contributed by atoms with Crippen molar-refractivity contribution in [1.29, 1.82) is 0 Å². The van der Waals surface area contributed by atoms with Gasteiger partial charge in [-0.15, -0.1) is 6.58 Å². The molecule has 1 aliphatic heterocycles. The summed E-state index contributed by atoms with van der Waals surface area (Å²) in [5.74, 6) is 0.156. The molecule has 1 N–H and O–H groups in total. The van der Waals surface area contributed by atoms with Crippen LogP contribution in [0, 0.1) is 0 Å². The van der Waals surface area contributed by atoms with Gasteiger partial charge < -0.3 is 10.0 Å². The van der Waals surface area contributed by atoms with E-state index in [-0.39, 0.29) is 12.5 Å². The van der Waals surface area contributed by atoms with Crippen LogP contribution in [0.25, 0.3) is 0 Å². The number of hydrogen-bond acceptors (Lipinski definition) is 3. The van der Waals surface area contributed by atoms with E-state index in [1.165, 1.54) is 0 Å². The molecule has 0 aliphatic carbocycles. The Morgan fingerprint density at radius 3 is 2.50 bits per heavy atom. The van der Waals surface area contributed by atoms with Crippen molar-refractivity contribution in [1.82, 2.24) is 9.80 Å². The highest BCUT2D eigenvalue weighted by molar-refractivity contribution is 5.77. The third-order valence-corrected chi connectivity index (χ3v) is 2.46. The maximum absolute atomic E-state index is 11.4. The average molecular weight is 198 g/mol. The topological polar surface area (TPSA) is 43.8 Å². The molecule has 4 heteroatoms. The van der Waals surface area contributed by atoms with Crippen LogP contribution in [0.5, 0.6) is 0 Å².